The van der Waals surface area contributed by atoms with Crippen LogP contribution in [0.3, 0.4) is 0 Å². The van der Waals surface area contributed by atoms with Crippen molar-refractivity contribution >= 4 is 11.6 Å². The molecule has 0 atom stereocenters. The third-order valence-corrected chi connectivity index (χ3v) is 3.75. The molecule has 0 amide bonds. The van der Waals surface area contributed by atoms with E-state index in [1.165, 1.54) is 18.7 Å². The summed E-state index contributed by atoms with van der Waals surface area (Å²) in [6, 6.07) is 1.69. The van der Waals surface area contributed by atoms with E-state index in [4.69, 9.17) is 0 Å². The molecule has 2 heterocycles. The lowest BCUT2D eigenvalue weighted by molar-refractivity contribution is 0.0943. The van der Waals surface area contributed by atoms with Crippen molar-refractivity contribution < 1.29 is 9.59 Å². The molecule has 0 aromatic carbocycles. The summed E-state index contributed by atoms with van der Waals surface area (Å²) in [4.78, 5) is 30.8. The zero-order chi connectivity index (χ0) is 13.4. The number of fused-ring (bicyclic) bond motifs is 1. The number of piperidine rings is 1. The first kappa shape index (κ1) is 12.1. The van der Waals surface area contributed by atoms with Gasteiger partial charge in [0.15, 0.2) is 5.78 Å². The molecular formula is C15H16N2O2. The van der Waals surface area contributed by atoms with Gasteiger partial charge < -0.3 is 4.90 Å². The van der Waals surface area contributed by atoms with E-state index >= 15 is 0 Å². The number of hydrogen-bond donors (Lipinski definition) is 0. The zero-order valence-electron chi connectivity index (χ0n) is 11.0. The molecule has 0 bridgehead atoms. The van der Waals surface area contributed by atoms with Gasteiger partial charge in [-0.25, -0.2) is 0 Å². The van der Waals surface area contributed by atoms with Gasteiger partial charge in [0.25, 0.3) is 0 Å². The summed E-state index contributed by atoms with van der Waals surface area (Å²) in [5.41, 5.74) is 2.23. The van der Waals surface area contributed by atoms with Crippen LogP contribution >= 0.6 is 0 Å². The quantitative estimate of drug-likeness (QED) is 0.772. The third-order valence-electron chi connectivity index (χ3n) is 3.75. The number of rotatable bonds is 1. The Morgan fingerprint density at radius 2 is 1.84 bits per heavy atom. The number of aryl methyl sites for hydroxylation is 1. The first-order valence-corrected chi connectivity index (χ1v) is 6.69. The zero-order valence-corrected chi connectivity index (χ0v) is 11.0. The average molecular weight is 256 g/mol. The molecule has 2 aliphatic rings. The minimum Gasteiger partial charge on any atom is -0.368 e. The standard InChI is InChI=1S/C15H16N2O2/c1-10-7-11-12(9-16-10)15(19)13(8-14(11)18)17-5-3-2-4-6-17/h7-9H,2-6H2,1H3. The van der Waals surface area contributed by atoms with Crippen molar-refractivity contribution in [3.05, 3.63) is 40.9 Å². The molecule has 1 saturated heterocycles. The second kappa shape index (κ2) is 4.61. The van der Waals surface area contributed by atoms with E-state index in [0.29, 0.717) is 16.8 Å². The predicted octanol–water partition coefficient (Wildman–Crippen LogP) is 2.14. The van der Waals surface area contributed by atoms with Gasteiger partial charge in [0.1, 0.15) is 0 Å². The number of pyridine rings is 1. The fourth-order valence-electron chi connectivity index (χ4n) is 2.72. The Kier molecular flexibility index (Phi) is 2.93. The third kappa shape index (κ3) is 2.07. The minimum absolute atomic E-state index is 0.0657. The number of hydrogen-bond acceptors (Lipinski definition) is 4. The molecule has 0 saturated carbocycles. The van der Waals surface area contributed by atoms with Crippen molar-refractivity contribution in [2.24, 2.45) is 0 Å². The van der Waals surface area contributed by atoms with E-state index in [1.54, 1.807) is 6.07 Å². The van der Waals surface area contributed by atoms with Gasteiger partial charge >= 0.3 is 0 Å². The monoisotopic (exact) mass is 256 g/mol. The highest BCUT2D eigenvalue weighted by atomic mass is 16.1. The molecule has 3 rings (SSSR count). The Morgan fingerprint density at radius 1 is 1.11 bits per heavy atom. The molecule has 4 nitrogen and oxygen atoms in total. The molecular weight excluding hydrogens is 240 g/mol. The fraction of sp³-hybridized carbons (Fsp3) is 0.400. The van der Waals surface area contributed by atoms with Crippen LogP contribution < -0.4 is 0 Å². The topological polar surface area (TPSA) is 50.3 Å². The van der Waals surface area contributed by atoms with E-state index in [-0.39, 0.29) is 11.6 Å². The number of nitrogens with zero attached hydrogens (tertiary/aromatic N) is 2. The molecule has 0 unspecified atom stereocenters. The summed E-state index contributed by atoms with van der Waals surface area (Å²) >= 11 is 0. The van der Waals surface area contributed by atoms with E-state index in [1.807, 2.05) is 11.8 Å². The van der Waals surface area contributed by atoms with Gasteiger partial charge in [0.05, 0.1) is 11.3 Å². The molecule has 1 aromatic rings. The Labute approximate surface area is 112 Å². The molecule has 1 fully saturated rings. The predicted molar refractivity (Wildman–Crippen MR) is 71.1 cm³/mol. The van der Waals surface area contributed by atoms with Gasteiger partial charge in [-0.05, 0) is 32.3 Å². The summed E-state index contributed by atoms with van der Waals surface area (Å²) < 4.78 is 0. The van der Waals surface area contributed by atoms with Gasteiger partial charge in [-0.1, -0.05) is 0 Å². The second-order valence-electron chi connectivity index (χ2n) is 5.14. The molecule has 0 radical (unpaired) electrons. The molecule has 98 valence electrons. The van der Waals surface area contributed by atoms with E-state index in [9.17, 15) is 9.59 Å². The highest BCUT2D eigenvalue weighted by Crippen LogP contribution is 2.25. The lowest BCUT2D eigenvalue weighted by atomic mass is 9.92. The Bertz CT molecular complexity index is 584. The first-order chi connectivity index (χ1) is 9.16. The number of likely N-dealkylation sites (tertiary alicyclic amines) is 1. The molecule has 1 aliphatic carbocycles. The fourth-order valence-corrected chi connectivity index (χ4v) is 2.72. The molecule has 1 aromatic heterocycles. The van der Waals surface area contributed by atoms with E-state index < -0.39 is 0 Å². The summed E-state index contributed by atoms with van der Waals surface area (Å²) in [6.45, 7) is 3.54. The van der Waals surface area contributed by atoms with Crippen LogP contribution in [0.25, 0.3) is 0 Å². The van der Waals surface area contributed by atoms with Crippen LogP contribution in [-0.4, -0.2) is 34.5 Å². The van der Waals surface area contributed by atoms with Crippen molar-refractivity contribution in [2.75, 3.05) is 13.1 Å². The number of aromatic nitrogens is 1. The van der Waals surface area contributed by atoms with Crippen LogP contribution in [0.1, 0.15) is 45.7 Å². The largest absolute Gasteiger partial charge is 0.368 e. The van der Waals surface area contributed by atoms with Crippen molar-refractivity contribution in [2.45, 2.75) is 26.2 Å². The van der Waals surface area contributed by atoms with Gasteiger partial charge in [-0.15, -0.1) is 0 Å². The van der Waals surface area contributed by atoms with Crippen LogP contribution in [0.5, 0.6) is 0 Å². The van der Waals surface area contributed by atoms with Gasteiger partial charge in [-0.2, -0.15) is 0 Å². The Morgan fingerprint density at radius 3 is 2.58 bits per heavy atom. The van der Waals surface area contributed by atoms with Crippen molar-refractivity contribution in [3.8, 4) is 0 Å². The summed E-state index contributed by atoms with van der Waals surface area (Å²) in [6.07, 6.45) is 6.39. The van der Waals surface area contributed by atoms with Crippen molar-refractivity contribution in [1.29, 1.82) is 0 Å². The Hall–Kier alpha value is -1.97. The van der Waals surface area contributed by atoms with Crippen LogP contribution in [0, 0.1) is 6.92 Å². The molecule has 0 spiro atoms. The minimum atomic E-state index is -0.0827. The SMILES string of the molecule is Cc1cc2c(cn1)C(=O)C(N1CCCCC1)=CC2=O. The van der Waals surface area contributed by atoms with Crippen LogP contribution in [0.2, 0.25) is 0 Å². The van der Waals surface area contributed by atoms with Crippen LogP contribution in [0.4, 0.5) is 0 Å². The van der Waals surface area contributed by atoms with Crippen LogP contribution in [0.15, 0.2) is 24.0 Å². The normalized spacial score (nSPS) is 19.2. The number of Topliss-reactive ketones (excluding diaryl/α,β-unsaturated/α-hetero) is 1. The molecule has 1 aliphatic heterocycles. The highest BCUT2D eigenvalue weighted by molar-refractivity contribution is 6.24. The highest BCUT2D eigenvalue weighted by Gasteiger charge is 2.29. The summed E-state index contributed by atoms with van der Waals surface area (Å²) in [7, 11) is 0. The average Bonchev–Trinajstić information content (AvgIpc) is 2.43. The van der Waals surface area contributed by atoms with Gasteiger partial charge in [0, 0.05) is 36.6 Å². The van der Waals surface area contributed by atoms with Crippen LogP contribution in [-0.2, 0) is 0 Å². The smallest absolute Gasteiger partial charge is 0.211 e. The van der Waals surface area contributed by atoms with E-state index in [2.05, 4.69) is 4.98 Å². The van der Waals surface area contributed by atoms with Gasteiger partial charge in [-0.3, -0.25) is 14.6 Å². The second-order valence-corrected chi connectivity index (χ2v) is 5.14. The molecule has 0 N–H and O–H groups in total. The van der Waals surface area contributed by atoms with E-state index in [0.717, 1.165) is 31.6 Å². The summed E-state index contributed by atoms with van der Waals surface area (Å²) in [5.74, 6) is -0.148. The number of carbonyl (C=O) groups is 2. The van der Waals surface area contributed by atoms with Crippen molar-refractivity contribution in [3.63, 3.8) is 0 Å². The number of allylic oxidation sites excluding steroid dienone is 2. The van der Waals surface area contributed by atoms with Crippen molar-refractivity contribution in [1.82, 2.24) is 9.88 Å². The number of ketones is 2. The first-order valence-electron chi connectivity index (χ1n) is 6.69. The summed E-state index contributed by atoms with van der Waals surface area (Å²) in [5, 5.41) is 0. The molecule has 4 heteroatoms. The van der Waals surface area contributed by atoms with Gasteiger partial charge in [0.2, 0.25) is 5.78 Å². The lowest BCUT2D eigenvalue weighted by Gasteiger charge is -2.31. The maximum absolute atomic E-state index is 12.5. The maximum atomic E-state index is 12.5. The molecule has 19 heavy (non-hydrogen) atoms. The maximum Gasteiger partial charge on any atom is 0.211 e. The lowest BCUT2D eigenvalue weighted by Crippen LogP contribution is -2.35. The Balaban J connectivity index is 1.99. The number of carbonyl (C=O) groups excluding carboxylic acids is 2.